The van der Waals surface area contributed by atoms with Gasteiger partial charge in [-0.25, -0.2) is 0 Å². The first-order chi connectivity index (χ1) is 10.2. The fourth-order valence-corrected chi connectivity index (χ4v) is 3.30. The zero-order chi connectivity index (χ0) is 15.2. The van der Waals surface area contributed by atoms with Crippen molar-refractivity contribution in [1.29, 1.82) is 0 Å². The van der Waals surface area contributed by atoms with Crippen molar-refractivity contribution in [2.45, 2.75) is 77.5 Å². The molecule has 1 aromatic heterocycles. The third-order valence-corrected chi connectivity index (χ3v) is 4.63. The summed E-state index contributed by atoms with van der Waals surface area (Å²) in [7, 11) is 0. The first kappa shape index (κ1) is 16.5. The lowest BCUT2D eigenvalue weighted by atomic mass is 9.78. The molecule has 1 saturated carbocycles. The van der Waals surface area contributed by atoms with Crippen LogP contribution in [0.5, 0.6) is 0 Å². The van der Waals surface area contributed by atoms with Crippen LogP contribution < -0.4 is 0 Å². The molecule has 0 aliphatic heterocycles. The number of hydrogen-bond donors (Lipinski definition) is 1. The molecule has 0 bridgehead atoms. The third kappa shape index (κ3) is 4.55. The predicted octanol–water partition coefficient (Wildman–Crippen LogP) is 3.35. The molecule has 1 atom stereocenters. The standard InChI is InChI=1S/C17H30N2O2/c1-4-15(5-2)19-8-7-14(18-19)12-16(20)9-13-10-17(11-13)21-6-3/h7-8,13,15-17,20H,4-6,9-12H2,1-3H3. The Bertz CT molecular complexity index is 409. The first-order valence-corrected chi connectivity index (χ1v) is 8.49. The minimum atomic E-state index is -0.275. The molecular formula is C17H30N2O2. The fourth-order valence-electron chi connectivity index (χ4n) is 3.30. The van der Waals surface area contributed by atoms with E-state index in [-0.39, 0.29) is 6.10 Å². The second-order valence-corrected chi connectivity index (χ2v) is 6.27. The molecule has 1 aromatic rings. The quantitative estimate of drug-likeness (QED) is 0.759. The maximum Gasteiger partial charge on any atom is 0.0650 e. The number of aliphatic hydroxyl groups excluding tert-OH is 1. The van der Waals surface area contributed by atoms with E-state index in [4.69, 9.17) is 4.74 Å². The third-order valence-electron chi connectivity index (χ3n) is 4.63. The lowest BCUT2D eigenvalue weighted by Crippen LogP contribution is -2.34. The van der Waals surface area contributed by atoms with Gasteiger partial charge in [0.15, 0.2) is 0 Å². The second kappa shape index (κ2) is 7.95. The van der Waals surface area contributed by atoms with Crippen LogP contribution >= 0.6 is 0 Å². The van der Waals surface area contributed by atoms with Gasteiger partial charge in [0.25, 0.3) is 0 Å². The van der Waals surface area contributed by atoms with Gasteiger partial charge in [-0.3, -0.25) is 4.68 Å². The van der Waals surface area contributed by atoms with Crippen LogP contribution in [0.1, 0.15) is 64.6 Å². The molecule has 21 heavy (non-hydrogen) atoms. The largest absolute Gasteiger partial charge is 0.393 e. The molecule has 1 aliphatic rings. The van der Waals surface area contributed by atoms with Crippen LogP contribution in [0, 0.1) is 5.92 Å². The Labute approximate surface area is 128 Å². The number of aliphatic hydroxyl groups is 1. The van der Waals surface area contributed by atoms with Crippen LogP contribution in [0.25, 0.3) is 0 Å². The van der Waals surface area contributed by atoms with Crippen LogP contribution in [0.4, 0.5) is 0 Å². The molecule has 1 aliphatic carbocycles. The minimum Gasteiger partial charge on any atom is -0.393 e. The number of aromatic nitrogens is 2. The van der Waals surface area contributed by atoms with Crippen molar-refractivity contribution in [3.05, 3.63) is 18.0 Å². The molecule has 4 heteroatoms. The van der Waals surface area contributed by atoms with Gasteiger partial charge in [0.05, 0.1) is 23.9 Å². The molecule has 120 valence electrons. The van der Waals surface area contributed by atoms with E-state index in [1.807, 2.05) is 19.2 Å². The van der Waals surface area contributed by atoms with Crippen LogP contribution in [0.15, 0.2) is 12.3 Å². The van der Waals surface area contributed by atoms with Crippen LogP contribution in [0.3, 0.4) is 0 Å². The van der Waals surface area contributed by atoms with E-state index in [2.05, 4.69) is 23.6 Å². The highest BCUT2D eigenvalue weighted by Crippen LogP contribution is 2.34. The molecular weight excluding hydrogens is 264 g/mol. The van der Waals surface area contributed by atoms with Gasteiger partial charge in [0.1, 0.15) is 0 Å². The summed E-state index contributed by atoms with van der Waals surface area (Å²) in [6.45, 7) is 7.22. The Morgan fingerprint density at radius 3 is 2.67 bits per heavy atom. The van der Waals surface area contributed by atoms with E-state index in [0.29, 0.717) is 24.5 Å². The summed E-state index contributed by atoms with van der Waals surface area (Å²) < 4.78 is 7.62. The van der Waals surface area contributed by atoms with Crippen molar-refractivity contribution in [1.82, 2.24) is 9.78 Å². The Hall–Kier alpha value is -0.870. The van der Waals surface area contributed by atoms with Crippen molar-refractivity contribution in [3.63, 3.8) is 0 Å². The van der Waals surface area contributed by atoms with Crippen molar-refractivity contribution >= 4 is 0 Å². The molecule has 0 radical (unpaired) electrons. The zero-order valence-corrected chi connectivity index (χ0v) is 13.7. The van der Waals surface area contributed by atoms with Gasteiger partial charge in [-0.15, -0.1) is 0 Å². The maximum absolute atomic E-state index is 10.2. The second-order valence-electron chi connectivity index (χ2n) is 6.27. The summed E-state index contributed by atoms with van der Waals surface area (Å²) in [5, 5.41) is 14.8. The molecule has 1 N–H and O–H groups in total. The van der Waals surface area contributed by atoms with E-state index in [1.54, 1.807) is 0 Å². The summed E-state index contributed by atoms with van der Waals surface area (Å²) in [6, 6.07) is 2.53. The van der Waals surface area contributed by atoms with Gasteiger partial charge < -0.3 is 9.84 Å². The van der Waals surface area contributed by atoms with E-state index in [9.17, 15) is 5.11 Å². The fraction of sp³-hybridized carbons (Fsp3) is 0.824. The maximum atomic E-state index is 10.2. The number of hydrogen-bond acceptors (Lipinski definition) is 3. The number of rotatable bonds is 9. The van der Waals surface area contributed by atoms with Gasteiger partial charge in [0.2, 0.25) is 0 Å². The van der Waals surface area contributed by atoms with Gasteiger partial charge in [-0.1, -0.05) is 13.8 Å². The van der Waals surface area contributed by atoms with Gasteiger partial charge in [0, 0.05) is 19.2 Å². The molecule has 0 aromatic carbocycles. The number of ether oxygens (including phenoxy) is 1. The molecule has 1 heterocycles. The topological polar surface area (TPSA) is 47.3 Å². The molecule has 0 amide bonds. The Kier molecular flexibility index (Phi) is 6.24. The van der Waals surface area contributed by atoms with E-state index in [1.165, 1.54) is 0 Å². The van der Waals surface area contributed by atoms with Gasteiger partial charge in [-0.2, -0.15) is 5.10 Å². The first-order valence-electron chi connectivity index (χ1n) is 8.49. The van der Waals surface area contributed by atoms with Crippen LogP contribution in [-0.4, -0.2) is 33.7 Å². The highest BCUT2D eigenvalue weighted by molar-refractivity contribution is 5.02. The molecule has 1 fully saturated rings. The highest BCUT2D eigenvalue weighted by atomic mass is 16.5. The van der Waals surface area contributed by atoms with Crippen molar-refractivity contribution < 1.29 is 9.84 Å². The van der Waals surface area contributed by atoms with Crippen LogP contribution in [0.2, 0.25) is 0 Å². The van der Waals surface area contributed by atoms with E-state index >= 15 is 0 Å². The normalized spacial score (nSPS) is 23.3. The predicted molar refractivity (Wildman–Crippen MR) is 84.3 cm³/mol. The minimum absolute atomic E-state index is 0.275. The summed E-state index contributed by atoms with van der Waals surface area (Å²) in [4.78, 5) is 0. The number of nitrogens with zero attached hydrogens (tertiary/aromatic N) is 2. The lowest BCUT2D eigenvalue weighted by Gasteiger charge is -2.36. The van der Waals surface area contributed by atoms with Crippen molar-refractivity contribution in [3.8, 4) is 0 Å². The Morgan fingerprint density at radius 2 is 2.05 bits per heavy atom. The molecule has 4 nitrogen and oxygen atoms in total. The van der Waals surface area contributed by atoms with Gasteiger partial charge in [-0.05, 0) is 51.0 Å². The van der Waals surface area contributed by atoms with Crippen molar-refractivity contribution in [2.75, 3.05) is 6.61 Å². The monoisotopic (exact) mass is 294 g/mol. The lowest BCUT2D eigenvalue weighted by molar-refractivity contribution is -0.0376. The summed E-state index contributed by atoms with van der Waals surface area (Å²) in [5.41, 5.74) is 1.01. The average molecular weight is 294 g/mol. The van der Waals surface area contributed by atoms with Crippen molar-refractivity contribution in [2.24, 2.45) is 5.92 Å². The van der Waals surface area contributed by atoms with E-state index in [0.717, 1.165) is 44.4 Å². The zero-order valence-electron chi connectivity index (χ0n) is 13.7. The van der Waals surface area contributed by atoms with Crippen LogP contribution in [-0.2, 0) is 11.2 Å². The average Bonchev–Trinajstić information content (AvgIpc) is 2.86. The summed E-state index contributed by atoms with van der Waals surface area (Å²) in [6.07, 6.45) is 8.16. The molecule has 0 saturated heterocycles. The summed E-state index contributed by atoms with van der Waals surface area (Å²) >= 11 is 0. The Balaban J connectivity index is 1.74. The Morgan fingerprint density at radius 1 is 1.33 bits per heavy atom. The molecule has 2 rings (SSSR count). The molecule has 0 spiro atoms. The SMILES string of the molecule is CCOC1CC(CC(O)Cc2ccn(C(CC)CC)n2)C1. The van der Waals surface area contributed by atoms with Gasteiger partial charge >= 0.3 is 0 Å². The highest BCUT2D eigenvalue weighted by Gasteiger charge is 2.31. The summed E-state index contributed by atoms with van der Waals surface area (Å²) in [5.74, 6) is 0.623. The van der Waals surface area contributed by atoms with E-state index < -0.39 is 0 Å². The smallest absolute Gasteiger partial charge is 0.0650 e. The molecule has 1 unspecified atom stereocenters.